The van der Waals surface area contributed by atoms with Crippen LogP contribution < -0.4 is 32.3 Å². The standard InChI is InChI=1S/C51H88N12O15/c1-15-31(4)41(61(14)39(67)28-58(11)36(64)24-52)44(70)54-26-32(56-48(75)77-50(5,6)7)45(71)62-22-18-16-20-34(62)42(68)55-27-37(65)59(12)29-38(66)60(13)40(30(2)3)43(69)53-25-33(57-49(76)78-51(8,9)10)46(72)63-23-19-17-21-35(63)47(73)74/h30-35,40-41H,15-29,52H2,1-14H3,(H,53,69)(H,54,70)(H,55,68)(H,56,75)(H,57,76)(H,73,74)/t31-,32+,33+,34-,35-,40-,41-/m0/s1. The summed E-state index contributed by atoms with van der Waals surface area (Å²) in [6, 6.07) is -7.39. The largest absolute Gasteiger partial charge is 0.480 e. The van der Waals surface area contributed by atoms with Gasteiger partial charge in [-0.25, -0.2) is 14.4 Å². The Kier molecular flexibility index (Phi) is 26.2. The third-order valence-corrected chi connectivity index (χ3v) is 13.3. The fourth-order valence-corrected chi connectivity index (χ4v) is 8.89. The van der Waals surface area contributed by atoms with E-state index < -0.39 is 157 Å². The Labute approximate surface area is 458 Å². The molecule has 2 heterocycles. The molecule has 0 unspecified atom stereocenters. The van der Waals surface area contributed by atoms with Crippen molar-refractivity contribution in [3.8, 4) is 0 Å². The second-order valence-corrected chi connectivity index (χ2v) is 22.3. The van der Waals surface area contributed by atoms with Gasteiger partial charge < -0.3 is 76.3 Å². The Bertz CT molecular complexity index is 2160. The van der Waals surface area contributed by atoms with Crippen LogP contribution in [-0.4, -0.2) is 234 Å². The van der Waals surface area contributed by atoms with Crippen LogP contribution in [0.3, 0.4) is 0 Å². The van der Waals surface area contributed by atoms with E-state index in [0.717, 1.165) is 19.6 Å². The zero-order valence-corrected chi connectivity index (χ0v) is 48.1. The fourth-order valence-electron chi connectivity index (χ4n) is 8.89. The summed E-state index contributed by atoms with van der Waals surface area (Å²) in [6.45, 7) is 14.0. The van der Waals surface area contributed by atoms with Crippen molar-refractivity contribution >= 4 is 71.3 Å². The topological polar surface area (TPSA) is 349 Å². The number of likely N-dealkylation sites (tertiary alicyclic amines) is 2. The van der Waals surface area contributed by atoms with Crippen LogP contribution in [0.25, 0.3) is 0 Å². The highest BCUT2D eigenvalue weighted by Gasteiger charge is 2.41. The van der Waals surface area contributed by atoms with Crippen LogP contribution in [0.4, 0.5) is 9.59 Å². The number of piperidine rings is 2. The minimum atomic E-state index is -1.47. The van der Waals surface area contributed by atoms with E-state index in [0.29, 0.717) is 32.1 Å². The van der Waals surface area contributed by atoms with Crippen LogP contribution in [0, 0.1) is 11.8 Å². The predicted molar refractivity (Wildman–Crippen MR) is 283 cm³/mol. The van der Waals surface area contributed by atoms with E-state index in [2.05, 4.69) is 26.6 Å². The molecule has 2 fully saturated rings. The Hall–Kier alpha value is -6.80. The summed E-state index contributed by atoms with van der Waals surface area (Å²) in [5, 5.41) is 22.7. The maximum Gasteiger partial charge on any atom is 0.408 e. The summed E-state index contributed by atoms with van der Waals surface area (Å²) in [4.78, 5) is 167. The number of amides is 11. The second kappa shape index (κ2) is 30.4. The van der Waals surface area contributed by atoms with Crippen molar-refractivity contribution in [2.75, 3.05) is 80.5 Å². The number of aliphatic carboxylic acids is 1. The zero-order chi connectivity index (χ0) is 59.6. The highest BCUT2D eigenvalue weighted by atomic mass is 16.6. The normalized spacial score (nSPS) is 17.6. The molecule has 2 saturated heterocycles. The number of carboxylic acid groups (broad SMARTS) is 1. The van der Waals surface area contributed by atoms with E-state index in [1.807, 2.05) is 6.92 Å². The van der Waals surface area contributed by atoms with Gasteiger partial charge >= 0.3 is 18.2 Å². The number of carboxylic acids is 1. The van der Waals surface area contributed by atoms with Gasteiger partial charge in [-0.1, -0.05) is 34.1 Å². The first-order valence-corrected chi connectivity index (χ1v) is 26.5. The molecule has 0 aliphatic carbocycles. The van der Waals surface area contributed by atoms with Crippen molar-refractivity contribution in [1.82, 2.24) is 56.0 Å². The van der Waals surface area contributed by atoms with Crippen LogP contribution in [0.1, 0.15) is 114 Å². The number of nitrogens with zero attached hydrogens (tertiary/aromatic N) is 6. The van der Waals surface area contributed by atoms with Crippen LogP contribution in [0.2, 0.25) is 0 Å². The minimum Gasteiger partial charge on any atom is -0.480 e. The number of nitrogens with two attached hydrogens (primary N) is 1. The van der Waals surface area contributed by atoms with Crippen LogP contribution in [0.5, 0.6) is 0 Å². The fraction of sp³-hybridized carbons (Fsp3) is 0.765. The second-order valence-electron chi connectivity index (χ2n) is 22.3. The molecule has 8 N–H and O–H groups in total. The molecule has 0 spiro atoms. The average Bonchev–Trinajstić information content (AvgIpc) is 3.35. The lowest BCUT2D eigenvalue weighted by Crippen LogP contribution is -2.61. The number of ether oxygens (including phenoxy) is 2. The molecule has 442 valence electrons. The minimum absolute atomic E-state index is 0.0687. The molecule has 11 amide bonds. The van der Waals surface area contributed by atoms with Gasteiger partial charge in [0.05, 0.1) is 26.2 Å². The quantitative estimate of drug-likeness (QED) is 0.0622. The number of hydrogen-bond donors (Lipinski definition) is 7. The smallest absolute Gasteiger partial charge is 0.408 e. The number of hydrogen-bond acceptors (Lipinski definition) is 15. The zero-order valence-electron chi connectivity index (χ0n) is 48.1. The van der Waals surface area contributed by atoms with E-state index in [4.69, 9.17) is 15.2 Å². The van der Waals surface area contributed by atoms with Gasteiger partial charge in [-0.2, -0.15) is 0 Å². The van der Waals surface area contributed by atoms with Crippen molar-refractivity contribution in [2.45, 2.75) is 162 Å². The van der Waals surface area contributed by atoms with Crippen molar-refractivity contribution < 1.29 is 72.1 Å². The van der Waals surface area contributed by atoms with Crippen molar-refractivity contribution in [1.29, 1.82) is 0 Å². The Morgan fingerprint density at radius 3 is 1.42 bits per heavy atom. The number of nitrogens with one attached hydrogen (secondary N) is 5. The lowest BCUT2D eigenvalue weighted by Gasteiger charge is -2.37. The summed E-state index contributed by atoms with van der Waals surface area (Å²) >= 11 is 0. The molecule has 0 saturated carbocycles. The number of likely N-dealkylation sites (N-methyl/N-ethyl adjacent to an activating group) is 4. The molecule has 2 aliphatic heterocycles. The van der Waals surface area contributed by atoms with Gasteiger partial charge in [0.1, 0.15) is 47.5 Å². The molecular formula is C51H88N12O15. The molecule has 2 aliphatic rings. The molecule has 0 aromatic rings. The summed E-state index contributed by atoms with van der Waals surface area (Å²) in [7, 11) is 5.48. The monoisotopic (exact) mass is 1110 g/mol. The number of carbonyl (C=O) groups excluding carboxylic acids is 11. The van der Waals surface area contributed by atoms with E-state index in [1.165, 1.54) is 38.0 Å². The van der Waals surface area contributed by atoms with Gasteiger partial charge in [0.2, 0.25) is 53.2 Å². The van der Waals surface area contributed by atoms with Crippen LogP contribution in [0.15, 0.2) is 0 Å². The van der Waals surface area contributed by atoms with Gasteiger partial charge in [0.25, 0.3) is 0 Å². The summed E-state index contributed by atoms with van der Waals surface area (Å²) in [5.74, 6) is -8.12. The Morgan fingerprint density at radius 1 is 0.603 bits per heavy atom. The maximum absolute atomic E-state index is 14.4. The molecule has 27 nitrogen and oxygen atoms in total. The first-order chi connectivity index (χ1) is 36.1. The van der Waals surface area contributed by atoms with Crippen molar-refractivity contribution in [3.63, 3.8) is 0 Å². The van der Waals surface area contributed by atoms with E-state index >= 15 is 0 Å². The predicted octanol–water partition coefficient (Wildman–Crippen LogP) is -0.800. The first-order valence-electron chi connectivity index (χ1n) is 26.5. The molecule has 2 rings (SSSR count). The summed E-state index contributed by atoms with van der Waals surface area (Å²) in [5.41, 5.74) is 3.51. The molecule has 78 heavy (non-hydrogen) atoms. The van der Waals surface area contributed by atoms with Gasteiger partial charge in [-0.15, -0.1) is 0 Å². The SMILES string of the molecule is CC[C@H](C)[C@@H](C(=O)NC[C@@H](NC(=O)OC(C)(C)C)C(=O)N1CCCC[C@H]1C(=O)NCC(=O)N(C)CC(=O)N(C)[C@H](C(=O)NC[C@@H](NC(=O)OC(C)(C)C)C(=O)N1CCCC[C@H]1C(=O)O)C(C)C)N(C)C(=O)CN(C)C(=O)CN. The average molecular weight is 1110 g/mol. The molecule has 0 bridgehead atoms. The molecule has 0 aromatic heterocycles. The highest BCUT2D eigenvalue weighted by molar-refractivity contribution is 5.96. The Morgan fingerprint density at radius 2 is 1.01 bits per heavy atom. The molecule has 7 atom stereocenters. The highest BCUT2D eigenvalue weighted by Crippen LogP contribution is 2.22. The van der Waals surface area contributed by atoms with Gasteiger partial charge in [-0.05, 0) is 91.9 Å². The number of alkyl carbamates (subject to hydrolysis) is 2. The van der Waals surface area contributed by atoms with E-state index in [1.54, 1.807) is 62.3 Å². The third kappa shape index (κ3) is 20.9. The van der Waals surface area contributed by atoms with E-state index in [-0.39, 0.29) is 39.0 Å². The first kappa shape index (κ1) is 67.3. The molecular weight excluding hydrogens is 1020 g/mol. The third-order valence-electron chi connectivity index (χ3n) is 13.3. The van der Waals surface area contributed by atoms with Crippen LogP contribution >= 0.6 is 0 Å². The lowest BCUT2D eigenvalue weighted by atomic mass is 9.96. The van der Waals surface area contributed by atoms with Gasteiger partial charge in [0, 0.05) is 54.4 Å². The number of carbonyl (C=O) groups is 12. The molecule has 0 aromatic carbocycles. The van der Waals surface area contributed by atoms with Crippen LogP contribution in [-0.2, 0) is 57.4 Å². The summed E-state index contributed by atoms with van der Waals surface area (Å²) in [6.07, 6.45) is 0.977. The van der Waals surface area contributed by atoms with E-state index in [9.17, 15) is 62.6 Å². The lowest BCUT2D eigenvalue weighted by molar-refractivity contribution is -0.153. The Balaban J connectivity index is 2.23. The molecule has 0 radical (unpaired) electrons. The van der Waals surface area contributed by atoms with Gasteiger partial charge in [0.15, 0.2) is 0 Å². The molecule has 27 heteroatoms. The van der Waals surface area contributed by atoms with Crippen molar-refractivity contribution in [3.05, 3.63) is 0 Å². The number of rotatable bonds is 24. The summed E-state index contributed by atoms with van der Waals surface area (Å²) < 4.78 is 10.8. The van der Waals surface area contributed by atoms with Gasteiger partial charge in [-0.3, -0.25) is 43.2 Å². The maximum atomic E-state index is 14.4. The van der Waals surface area contributed by atoms with Crippen molar-refractivity contribution in [2.24, 2.45) is 17.6 Å².